The number of carbonyl (C=O) groups excluding carboxylic acids is 1. The van der Waals surface area contributed by atoms with Crippen molar-refractivity contribution in [2.45, 2.75) is 25.7 Å². The normalized spacial score (nSPS) is 21.9. The quantitative estimate of drug-likeness (QED) is 0.784. The minimum atomic E-state index is 0.176. The Labute approximate surface area is 90.7 Å². The Bertz CT molecular complexity index is 321. The zero-order valence-corrected chi connectivity index (χ0v) is 8.91. The number of benzene rings is 1. The lowest BCUT2D eigenvalue weighted by molar-refractivity contribution is -0.124. The first kappa shape index (κ1) is 10.2. The van der Waals surface area contributed by atoms with Crippen molar-refractivity contribution >= 4 is 5.91 Å². The van der Waals surface area contributed by atoms with Crippen molar-refractivity contribution in [3.05, 3.63) is 35.9 Å². The summed E-state index contributed by atoms with van der Waals surface area (Å²) in [6.07, 6.45) is 4.20. The minimum absolute atomic E-state index is 0.176. The maximum Gasteiger partial charge on any atom is 0.223 e. The van der Waals surface area contributed by atoms with Crippen LogP contribution in [0.3, 0.4) is 0 Å². The van der Waals surface area contributed by atoms with Crippen molar-refractivity contribution in [1.82, 2.24) is 5.32 Å². The van der Waals surface area contributed by atoms with E-state index in [-0.39, 0.29) is 11.8 Å². The summed E-state index contributed by atoms with van der Waals surface area (Å²) < 4.78 is 0. The van der Waals surface area contributed by atoms with Crippen molar-refractivity contribution in [2.24, 2.45) is 5.92 Å². The van der Waals surface area contributed by atoms with Crippen molar-refractivity contribution < 1.29 is 4.79 Å². The van der Waals surface area contributed by atoms with Crippen LogP contribution < -0.4 is 5.32 Å². The van der Waals surface area contributed by atoms with Gasteiger partial charge in [0.05, 0.1) is 0 Å². The van der Waals surface area contributed by atoms with Crippen molar-refractivity contribution in [3.63, 3.8) is 0 Å². The molecule has 1 aromatic rings. The molecular formula is C13H17NO. The van der Waals surface area contributed by atoms with E-state index in [0.717, 1.165) is 32.2 Å². The molecule has 1 saturated heterocycles. The molecule has 2 heteroatoms. The molecule has 2 nitrogen and oxygen atoms in total. The molecule has 15 heavy (non-hydrogen) atoms. The summed E-state index contributed by atoms with van der Waals surface area (Å²) in [4.78, 5) is 11.7. The highest BCUT2D eigenvalue weighted by Gasteiger charge is 2.20. The lowest BCUT2D eigenvalue weighted by atomic mass is 9.94. The van der Waals surface area contributed by atoms with Gasteiger partial charge in [-0.2, -0.15) is 0 Å². The summed E-state index contributed by atoms with van der Waals surface area (Å²) in [6.45, 7) is 0.851. The van der Waals surface area contributed by atoms with Gasteiger partial charge in [0.1, 0.15) is 0 Å². The fraction of sp³-hybridized carbons (Fsp3) is 0.462. The van der Waals surface area contributed by atoms with Crippen LogP contribution in [0.2, 0.25) is 0 Å². The second kappa shape index (κ2) is 4.96. The van der Waals surface area contributed by atoms with Gasteiger partial charge in [-0.05, 0) is 24.8 Å². The molecule has 1 amide bonds. The largest absolute Gasteiger partial charge is 0.356 e. The van der Waals surface area contributed by atoms with E-state index >= 15 is 0 Å². The predicted octanol–water partition coefficient (Wildman–Crippen LogP) is 2.15. The molecule has 1 N–H and O–H groups in total. The Morgan fingerprint density at radius 3 is 2.80 bits per heavy atom. The average Bonchev–Trinajstić information content (AvgIpc) is 2.46. The van der Waals surface area contributed by atoms with Crippen molar-refractivity contribution in [1.29, 1.82) is 0 Å². The first-order valence-corrected chi connectivity index (χ1v) is 5.68. The molecule has 1 heterocycles. The molecule has 0 saturated carbocycles. The van der Waals surface area contributed by atoms with E-state index in [1.807, 2.05) is 18.2 Å². The maximum absolute atomic E-state index is 11.7. The number of nitrogens with one attached hydrogen (secondary N) is 1. The van der Waals surface area contributed by atoms with Gasteiger partial charge in [0, 0.05) is 12.5 Å². The third kappa shape index (κ3) is 2.82. The lowest BCUT2D eigenvalue weighted by Crippen LogP contribution is -2.29. The number of amides is 1. The van der Waals surface area contributed by atoms with Crippen LogP contribution in [0.25, 0.3) is 0 Å². The first-order valence-electron chi connectivity index (χ1n) is 5.68. The van der Waals surface area contributed by atoms with E-state index in [0.29, 0.717) is 0 Å². The molecule has 80 valence electrons. The summed E-state index contributed by atoms with van der Waals surface area (Å²) in [7, 11) is 0. The number of rotatable bonds is 2. The van der Waals surface area contributed by atoms with Crippen molar-refractivity contribution in [3.8, 4) is 0 Å². The average molecular weight is 203 g/mol. The number of carbonyl (C=O) groups is 1. The number of hydrogen-bond acceptors (Lipinski definition) is 1. The van der Waals surface area contributed by atoms with Crippen LogP contribution >= 0.6 is 0 Å². The molecule has 0 aromatic heterocycles. The summed E-state index contributed by atoms with van der Waals surface area (Å²) in [5.74, 6) is 0.409. The molecular weight excluding hydrogens is 186 g/mol. The van der Waals surface area contributed by atoms with E-state index in [1.165, 1.54) is 5.56 Å². The molecule has 0 spiro atoms. The van der Waals surface area contributed by atoms with Gasteiger partial charge in [-0.1, -0.05) is 36.8 Å². The van der Waals surface area contributed by atoms with Gasteiger partial charge in [0.2, 0.25) is 5.91 Å². The smallest absolute Gasteiger partial charge is 0.223 e. The summed E-state index contributed by atoms with van der Waals surface area (Å²) in [6, 6.07) is 10.3. The van der Waals surface area contributed by atoms with Crippen LogP contribution in [0, 0.1) is 5.92 Å². The van der Waals surface area contributed by atoms with Gasteiger partial charge >= 0.3 is 0 Å². The molecule has 2 rings (SSSR count). The van der Waals surface area contributed by atoms with Crippen LogP contribution in [0.5, 0.6) is 0 Å². The Morgan fingerprint density at radius 2 is 2.00 bits per heavy atom. The highest BCUT2D eigenvalue weighted by molar-refractivity contribution is 5.79. The minimum Gasteiger partial charge on any atom is -0.356 e. The zero-order chi connectivity index (χ0) is 10.5. The monoisotopic (exact) mass is 203 g/mol. The molecule has 0 bridgehead atoms. The third-order valence-electron chi connectivity index (χ3n) is 2.97. The van der Waals surface area contributed by atoms with E-state index < -0.39 is 0 Å². The van der Waals surface area contributed by atoms with E-state index in [1.54, 1.807) is 0 Å². The maximum atomic E-state index is 11.7. The lowest BCUT2D eigenvalue weighted by Gasteiger charge is -2.12. The Hall–Kier alpha value is -1.31. The predicted molar refractivity (Wildman–Crippen MR) is 60.5 cm³/mol. The molecule has 1 aromatic carbocycles. The second-order valence-electron chi connectivity index (χ2n) is 4.17. The van der Waals surface area contributed by atoms with Gasteiger partial charge in [0.25, 0.3) is 0 Å². The Kier molecular flexibility index (Phi) is 3.38. The number of hydrogen-bond donors (Lipinski definition) is 1. The third-order valence-corrected chi connectivity index (χ3v) is 2.97. The first-order chi connectivity index (χ1) is 7.36. The molecule has 1 aliphatic heterocycles. The summed E-state index contributed by atoms with van der Waals surface area (Å²) in [5, 5.41) is 2.98. The summed E-state index contributed by atoms with van der Waals surface area (Å²) >= 11 is 0. The molecule has 1 atom stereocenters. The standard InChI is InChI=1S/C13H17NO/c15-13-12(8-4-5-9-14-13)10-11-6-2-1-3-7-11/h1-3,6-7,12H,4-5,8-10H2,(H,14,15). The van der Waals surface area contributed by atoms with Crippen LogP contribution in [0.15, 0.2) is 30.3 Å². The van der Waals surface area contributed by atoms with E-state index in [4.69, 9.17) is 0 Å². The zero-order valence-electron chi connectivity index (χ0n) is 8.91. The molecule has 1 aliphatic rings. The van der Waals surface area contributed by atoms with Gasteiger partial charge in [0.15, 0.2) is 0 Å². The molecule has 0 radical (unpaired) electrons. The van der Waals surface area contributed by atoms with E-state index in [9.17, 15) is 4.79 Å². The van der Waals surface area contributed by atoms with Gasteiger partial charge in [-0.15, -0.1) is 0 Å². The van der Waals surface area contributed by atoms with Gasteiger partial charge < -0.3 is 5.32 Å². The fourth-order valence-electron chi connectivity index (χ4n) is 2.10. The Morgan fingerprint density at radius 1 is 1.20 bits per heavy atom. The van der Waals surface area contributed by atoms with Crippen LogP contribution in [-0.4, -0.2) is 12.5 Å². The Balaban J connectivity index is 2.01. The van der Waals surface area contributed by atoms with Gasteiger partial charge in [-0.3, -0.25) is 4.79 Å². The molecule has 0 aliphatic carbocycles. The van der Waals surface area contributed by atoms with Gasteiger partial charge in [-0.25, -0.2) is 0 Å². The SMILES string of the molecule is O=C1NCCCCC1Cc1ccccc1. The van der Waals surface area contributed by atoms with E-state index in [2.05, 4.69) is 17.4 Å². The highest BCUT2D eigenvalue weighted by Crippen LogP contribution is 2.17. The molecule has 1 fully saturated rings. The van der Waals surface area contributed by atoms with Crippen molar-refractivity contribution in [2.75, 3.05) is 6.54 Å². The van der Waals surface area contributed by atoms with Crippen LogP contribution in [-0.2, 0) is 11.2 Å². The fourth-order valence-corrected chi connectivity index (χ4v) is 2.10. The highest BCUT2D eigenvalue weighted by atomic mass is 16.1. The molecule has 1 unspecified atom stereocenters. The summed E-state index contributed by atoms with van der Waals surface area (Å²) in [5.41, 5.74) is 1.26. The second-order valence-corrected chi connectivity index (χ2v) is 4.17. The topological polar surface area (TPSA) is 29.1 Å². The van der Waals surface area contributed by atoms with Crippen LogP contribution in [0.4, 0.5) is 0 Å². The van der Waals surface area contributed by atoms with Crippen LogP contribution in [0.1, 0.15) is 24.8 Å².